The van der Waals surface area contributed by atoms with Crippen LogP contribution < -0.4 is 16.6 Å². The summed E-state index contributed by atoms with van der Waals surface area (Å²) in [7, 11) is 0. The summed E-state index contributed by atoms with van der Waals surface area (Å²) in [5.74, 6) is -0.760. The Hall–Kier alpha value is -2.98. The van der Waals surface area contributed by atoms with Gasteiger partial charge in [-0.05, 0) is 67.1 Å². The Bertz CT molecular complexity index is 943. The van der Waals surface area contributed by atoms with E-state index in [-0.39, 0.29) is 18.0 Å². The molecule has 4 amide bonds. The molecular formula is C23H32N6O3S. The first-order chi connectivity index (χ1) is 15.8. The number of hydrogen-bond acceptors (Lipinski definition) is 6. The Balaban J connectivity index is 1.56. The topological polar surface area (TPSA) is 121 Å². The number of aryl methyl sites for hydroxylation is 1. The van der Waals surface area contributed by atoms with Gasteiger partial charge in [0.05, 0.1) is 11.3 Å². The SMILES string of the molecule is CC(=O)NNC(=O)N(Cc1ccsc1)C1CCN([C@H](C)CCc2ncccc2C(N)=O)CC1. The number of nitrogens with one attached hydrogen (secondary N) is 2. The zero-order valence-corrected chi connectivity index (χ0v) is 19.9. The van der Waals surface area contributed by atoms with E-state index in [1.54, 1.807) is 29.7 Å². The van der Waals surface area contributed by atoms with E-state index in [4.69, 9.17) is 5.73 Å². The van der Waals surface area contributed by atoms with Crippen LogP contribution in [0.25, 0.3) is 0 Å². The van der Waals surface area contributed by atoms with Crippen molar-refractivity contribution in [2.24, 2.45) is 5.73 Å². The molecule has 0 aliphatic carbocycles. The normalized spacial score (nSPS) is 15.6. The van der Waals surface area contributed by atoms with Crippen LogP contribution in [0.2, 0.25) is 0 Å². The van der Waals surface area contributed by atoms with Gasteiger partial charge in [0.1, 0.15) is 0 Å². The molecule has 10 heteroatoms. The van der Waals surface area contributed by atoms with Gasteiger partial charge in [0, 0.05) is 44.8 Å². The fourth-order valence-electron chi connectivity index (χ4n) is 4.19. The summed E-state index contributed by atoms with van der Waals surface area (Å²) >= 11 is 1.60. The highest BCUT2D eigenvalue weighted by molar-refractivity contribution is 7.07. The molecule has 4 N–H and O–H groups in total. The number of nitrogens with two attached hydrogens (primary N) is 1. The van der Waals surface area contributed by atoms with Crippen molar-refractivity contribution < 1.29 is 14.4 Å². The number of urea groups is 1. The van der Waals surface area contributed by atoms with Crippen LogP contribution in [0.1, 0.15) is 54.7 Å². The van der Waals surface area contributed by atoms with Crippen molar-refractivity contribution in [3.8, 4) is 0 Å². The van der Waals surface area contributed by atoms with Gasteiger partial charge in [-0.2, -0.15) is 11.3 Å². The van der Waals surface area contributed by atoms with Crippen LogP contribution in [0.15, 0.2) is 35.2 Å². The molecular weight excluding hydrogens is 440 g/mol. The first-order valence-electron chi connectivity index (χ1n) is 11.2. The standard InChI is InChI=1S/C23H32N6O3S/c1-16(5-6-21-20(22(24)31)4-3-10-25-21)28-11-7-19(8-12-28)29(14-18-9-13-33-15-18)23(32)27-26-17(2)30/h3-4,9-10,13,15-16,19H,5-8,11-12,14H2,1-2H3,(H2,24,31)(H,26,30)(H,27,32)/t16-/m1/s1. The van der Waals surface area contributed by atoms with E-state index >= 15 is 0 Å². The van der Waals surface area contributed by atoms with Gasteiger partial charge < -0.3 is 15.5 Å². The lowest BCUT2D eigenvalue weighted by Gasteiger charge is -2.40. The van der Waals surface area contributed by atoms with Crippen LogP contribution >= 0.6 is 11.3 Å². The number of piperidine rings is 1. The molecule has 1 aliphatic rings. The van der Waals surface area contributed by atoms with Gasteiger partial charge in [-0.3, -0.25) is 20.0 Å². The molecule has 2 aromatic heterocycles. The zero-order chi connectivity index (χ0) is 23.8. The smallest absolute Gasteiger partial charge is 0.336 e. The monoisotopic (exact) mass is 472 g/mol. The van der Waals surface area contributed by atoms with Gasteiger partial charge in [0.2, 0.25) is 5.91 Å². The maximum Gasteiger partial charge on any atom is 0.336 e. The third kappa shape index (κ3) is 7.00. The van der Waals surface area contributed by atoms with E-state index in [0.29, 0.717) is 24.6 Å². The summed E-state index contributed by atoms with van der Waals surface area (Å²) in [6, 6.07) is 5.55. The van der Waals surface area contributed by atoms with E-state index in [1.165, 1.54) is 6.92 Å². The highest BCUT2D eigenvalue weighted by Gasteiger charge is 2.30. The average molecular weight is 473 g/mol. The largest absolute Gasteiger partial charge is 0.366 e. The van der Waals surface area contributed by atoms with Crippen LogP contribution in [0.3, 0.4) is 0 Å². The molecule has 0 radical (unpaired) electrons. The maximum atomic E-state index is 12.8. The summed E-state index contributed by atoms with van der Waals surface area (Å²) in [5, 5.41) is 4.03. The molecule has 0 aromatic carbocycles. The molecule has 0 bridgehead atoms. The first kappa shape index (κ1) is 24.7. The lowest BCUT2D eigenvalue weighted by atomic mass is 9.99. The van der Waals surface area contributed by atoms with Gasteiger partial charge in [0.15, 0.2) is 0 Å². The van der Waals surface area contributed by atoms with E-state index in [0.717, 1.165) is 43.6 Å². The van der Waals surface area contributed by atoms with E-state index in [1.807, 2.05) is 21.7 Å². The number of amides is 4. The molecule has 3 rings (SSSR count). The number of carbonyl (C=O) groups excluding carboxylic acids is 3. The van der Waals surface area contributed by atoms with E-state index in [2.05, 4.69) is 27.7 Å². The minimum absolute atomic E-state index is 0.0827. The van der Waals surface area contributed by atoms with Crippen molar-refractivity contribution in [3.63, 3.8) is 0 Å². The first-order valence-corrected chi connectivity index (χ1v) is 12.1. The molecule has 3 heterocycles. The van der Waals surface area contributed by atoms with Crippen LogP contribution in [0, 0.1) is 0 Å². The highest BCUT2D eigenvalue weighted by atomic mass is 32.1. The number of primary amides is 1. The number of thiophene rings is 1. The predicted molar refractivity (Wildman–Crippen MR) is 127 cm³/mol. The summed E-state index contributed by atoms with van der Waals surface area (Å²) < 4.78 is 0. The highest BCUT2D eigenvalue weighted by Crippen LogP contribution is 2.23. The van der Waals surface area contributed by atoms with Gasteiger partial charge in [0.25, 0.3) is 5.91 Å². The lowest BCUT2D eigenvalue weighted by molar-refractivity contribution is -0.119. The minimum Gasteiger partial charge on any atom is -0.366 e. The molecule has 0 unspecified atom stereocenters. The van der Waals surface area contributed by atoms with Crippen molar-refractivity contribution in [1.29, 1.82) is 0 Å². The molecule has 33 heavy (non-hydrogen) atoms. The number of hydrazine groups is 1. The summed E-state index contributed by atoms with van der Waals surface area (Å²) in [6.07, 6.45) is 4.93. The van der Waals surface area contributed by atoms with Gasteiger partial charge in [-0.25, -0.2) is 10.2 Å². The summed E-state index contributed by atoms with van der Waals surface area (Å²) in [4.78, 5) is 44.2. The fourth-order valence-corrected chi connectivity index (χ4v) is 4.85. The maximum absolute atomic E-state index is 12.8. The van der Waals surface area contributed by atoms with Gasteiger partial charge >= 0.3 is 6.03 Å². The molecule has 1 aliphatic heterocycles. The molecule has 0 saturated carbocycles. The van der Waals surface area contributed by atoms with Crippen LogP contribution in [-0.2, 0) is 17.8 Å². The molecule has 178 valence electrons. The molecule has 1 fully saturated rings. The number of carbonyl (C=O) groups is 3. The second kappa shape index (κ2) is 11.8. The average Bonchev–Trinajstić information content (AvgIpc) is 3.33. The van der Waals surface area contributed by atoms with Gasteiger partial charge in [-0.1, -0.05) is 0 Å². The zero-order valence-electron chi connectivity index (χ0n) is 19.1. The Morgan fingerprint density at radius 2 is 2.03 bits per heavy atom. The molecule has 1 saturated heterocycles. The number of rotatable bonds is 8. The Kier molecular flexibility index (Phi) is 8.79. The number of pyridine rings is 1. The predicted octanol–water partition coefficient (Wildman–Crippen LogP) is 2.29. The van der Waals surface area contributed by atoms with Crippen LogP contribution in [0.4, 0.5) is 4.79 Å². The second-order valence-electron chi connectivity index (χ2n) is 8.39. The molecule has 1 atom stereocenters. The molecule has 9 nitrogen and oxygen atoms in total. The van der Waals surface area contributed by atoms with E-state index in [9.17, 15) is 14.4 Å². The second-order valence-corrected chi connectivity index (χ2v) is 9.17. The Morgan fingerprint density at radius 1 is 1.27 bits per heavy atom. The minimum atomic E-state index is -0.449. The summed E-state index contributed by atoms with van der Waals surface area (Å²) in [6.45, 7) is 5.78. The van der Waals surface area contributed by atoms with Crippen molar-refractivity contribution in [2.45, 2.75) is 58.2 Å². The van der Waals surface area contributed by atoms with E-state index < -0.39 is 5.91 Å². The van der Waals surface area contributed by atoms with Gasteiger partial charge in [-0.15, -0.1) is 0 Å². The summed E-state index contributed by atoms with van der Waals surface area (Å²) in [5.41, 5.74) is 12.7. The quantitative estimate of drug-likeness (QED) is 0.509. The van der Waals surface area contributed by atoms with Crippen LogP contribution in [-0.4, -0.2) is 57.8 Å². The Morgan fingerprint density at radius 3 is 2.67 bits per heavy atom. The van der Waals surface area contributed by atoms with Crippen molar-refractivity contribution >= 4 is 29.2 Å². The molecule has 0 spiro atoms. The lowest BCUT2D eigenvalue weighted by Crippen LogP contribution is -2.54. The number of nitrogens with zero attached hydrogens (tertiary/aromatic N) is 3. The third-order valence-electron chi connectivity index (χ3n) is 6.06. The van der Waals surface area contributed by atoms with Crippen molar-refractivity contribution in [3.05, 3.63) is 52.0 Å². The fraction of sp³-hybridized carbons (Fsp3) is 0.478. The number of aromatic nitrogens is 1. The number of likely N-dealkylation sites (tertiary alicyclic amines) is 1. The number of hydrogen-bond donors (Lipinski definition) is 3. The molecule has 2 aromatic rings. The van der Waals surface area contributed by atoms with Crippen LogP contribution in [0.5, 0.6) is 0 Å². The van der Waals surface area contributed by atoms with Crippen molar-refractivity contribution in [2.75, 3.05) is 13.1 Å². The Labute approximate surface area is 198 Å². The van der Waals surface area contributed by atoms with Crippen molar-refractivity contribution in [1.82, 2.24) is 25.6 Å². The third-order valence-corrected chi connectivity index (χ3v) is 6.79.